The van der Waals surface area contributed by atoms with Crippen molar-refractivity contribution in [1.29, 1.82) is 0 Å². The van der Waals surface area contributed by atoms with E-state index in [1.807, 2.05) is 12.1 Å². The molecule has 0 fully saturated rings. The zero-order valence-corrected chi connectivity index (χ0v) is 12.3. The monoisotopic (exact) mass is 285 g/mol. The van der Waals surface area contributed by atoms with Gasteiger partial charge in [0.25, 0.3) is 0 Å². The van der Waals surface area contributed by atoms with Gasteiger partial charge in [-0.05, 0) is 30.5 Å². The van der Waals surface area contributed by atoms with Crippen LogP contribution in [0.25, 0.3) is 0 Å². The number of benzene rings is 1. The Morgan fingerprint density at radius 2 is 1.95 bits per heavy atom. The molecule has 0 spiro atoms. The van der Waals surface area contributed by atoms with Crippen molar-refractivity contribution >= 4 is 11.3 Å². The number of hydrogen-bond donors (Lipinski definition) is 1. The number of nitrogens with two attached hydrogens (primary N) is 1. The normalized spacial score (nSPS) is 10.1. The highest BCUT2D eigenvalue weighted by molar-refractivity contribution is 7.12. The summed E-state index contributed by atoms with van der Waals surface area (Å²) in [4.78, 5) is 2.27. The maximum absolute atomic E-state index is 5.70. The van der Waals surface area contributed by atoms with E-state index in [4.69, 9.17) is 10.5 Å². The number of thiophene rings is 1. The molecule has 0 aliphatic heterocycles. The standard InChI is InChI=1S/C17H19NOS/c18-12-4-9-16-10-11-17(20-16)14-19-13-5-8-15-6-2-1-3-7-15/h1-3,6-7,10-11H,5,8,12-14,18H2. The zero-order valence-electron chi connectivity index (χ0n) is 11.5. The lowest BCUT2D eigenvalue weighted by atomic mass is 10.1. The van der Waals surface area contributed by atoms with E-state index in [2.05, 4.69) is 42.2 Å². The third-order valence-corrected chi connectivity index (χ3v) is 3.79. The second kappa shape index (κ2) is 8.55. The Bertz CT molecular complexity index is 565. The first-order valence-electron chi connectivity index (χ1n) is 6.78. The summed E-state index contributed by atoms with van der Waals surface area (Å²) in [5.74, 6) is 5.90. The molecule has 0 amide bonds. The van der Waals surface area contributed by atoms with Crippen LogP contribution in [-0.4, -0.2) is 13.2 Å². The molecule has 104 valence electrons. The molecule has 0 bridgehead atoms. The summed E-state index contributed by atoms with van der Waals surface area (Å²) in [5, 5.41) is 0. The number of aryl methyl sites for hydroxylation is 1. The van der Waals surface area contributed by atoms with Gasteiger partial charge in [0.2, 0.25) is 0 Å². The van der Waals surface area contributed by atoms with Gasteiger partial charge in [0.1, 0.15) is 0 Å². The summed E-state index contributed by atoms with van der Waals surface area (Å²) >= 11 is 1.67. The molecular weight excluding hydrogens is 266 g/mol. The Balaban J connectivity index is 1.65. The van der Waals surface area contributed by atoms with E-state index >= 15 is 0 Å². The molecule has 0 atom stereocenters. The summed E-state index contributed by atoms with van der Waals surface area (Å²) < 4.78 is 5.70. The van der Waals surface area contributed by atoms with Gasteiger partial charge >= 0.3 is 0 Å². The molecule has 0 saturated carbocycles. The lowest BCUT2D eigenvalue weighted by Gasteiger charge is -2.03. The fraction of sp³-hybridized carbons (Fsp3) is 0.294. The fourth-order valence-corrected chi connectivity index (χ4v) is 2.68. The first kappa shape index (κ1) is 14.8. The minimum absolute atomic E-state index is 0.406. The quantitative estimate of drug-likeness (QED) is 0.653. The first-order chi connectivity index (χ1) is 9.88. The summed E-state index contributed by atoms with van der Waals surface area (Å²) in [6.07, 6.45) is 2.12. The smallest absolute Gasteiger partial charge is 0.0809 e. The molecule has 1 aromatic heterocycles. The second-order valence-corrected chi connectivity index (χ2v) is 5.58. The van der Waals surface area contributed by atoms with Crippen LogP contribution in [0.15, 0.2) is 42.5 Å². The summed E-state index contributed by atoms with van der Waals surface area (Å²) in [5.41, 5.74) is 6.72. The van der Waals surface area contributed by atoms with Crippen LogP contribution < -0.4 is 5.73 Å². The number of hydrogen-bond acceptors (Lipinski definition) is 3. The van der Waals surface area contributed by atoms with Crippen molar-refractivity contribution in [3.63, 3.8) is 0 Å². The van der Waals surface area contributed by atoms with Crippen LogP contribution >= 0.6 is 11.3 Å². The van der Waals surface area contributed by atoms with Crippen molar-refractivity contribution in [3.8, 4) is 11.8 Å². The fourth-order valence-electron chi connectivity index (χ4n) is 1.86. The predicted molar refractivity (Wildman–Crippen MR) is 84.7 cm³/mol. The largest absolute Gasteiger partial charge is 0.376 e. The van der Waals surface area contributed by atoms with E-state index in [0.29, 0.717) is 13.2 Å². The van der Waals surface area contributed by atoms with Gasteiger partial charge in [-0.3, -0.25) is 0 Å². The Morgan fingerprint density at radius 1 is 1.10 bits per heavy atom. The van der Waals surface area contributed by atoms with Gasteiger partial charge in [0.15, 0.2) is 0 Å². The molecule has 0 unspecified atom stereocenters. The summed E-state index contributed by atoms with van der Waals surface area (Å²) in [6, 6.07) is 14.6. The second-order valence-electron chi connectivity index (χ2n) is 4.41. The van der Waals surface area contributed by atoms with Crippen LogP contribution in [0, 0.1) is 11.8 Å². The van der Waals surface area contributed by atoms with Crippen molar-refractivity contribution in [2.24, 2.45) is 5.73 Å². The van der Waals surface area contributed by atoms with Gasteiger partial charge in [0, 0.05) is 11.5 Å². The van der Waals surface area contributed by atoms with Crippen molar-refractivity contribution in [2.45, 2.75) is 19.4 Å². The minimum Gasteiger partial charge on any atom is -0.376 e. The van der Waals surface area contributed by atoms with E-state index < -0.39 is 0 Å². The SMILES string of the molecule is NCC#Cc1ccc(COCCCc2ccccc2)s1. The lowest BCUT2D eigenvalue weighted by Crippen LogP contribution is -1.96. The molecule has 1 aromatic carbocycles. The average Bonchev–Trinajstić information content (AvgIpc) is 2.94. The van der Waals surface area contributed by atoms with Crippen molar-refractivity contribution < 1.29 is 4.74 Å². The summed E-state index contributed by atoms with van der Waals surface area (Å²) in [7, 11) is 0. The molecule has 0 saturated heterocycles. The Kier molecular flexibility index (Phi) is 6.33. The van der Waals surface area contributed by atoms with Gasteiger partial charge in [-0.2, -0.15) is 0 Å². The van der Waals surface area contributed by atoms with Crippen molar-refractivity contribution in [3.05, 3.63) is 57.8 Å². The van der Waals surface area contributed by atoms with Gasteiger partial charge in [-0.1, -0.05) is 42.2 Å². The van der Waals surface area contributed by atoms with Gasteiger partial charge < -0.3 is 10.5 Å². The molecule has 2 aromatic rings. The molecule has 1 heterocycles. The van der Waals surface area contributed by atoms with Crippen LogP contribution in [0.5, 0.6) is 0 Å². The van der Waals surface area contributed by atoms with Crippen LogP contribution in [0.2, 0.25) is 0 Å². The van der Waals surface area contributed by atoms with Gasteiger partial charge in [-0.15, -0.1) is 11.3 Å². The Labute approximate surface area is 124 Å². The average molecular weight is 285 g/mol. The third kappa shape index (κ3) is 5.18. The Morgan fingerprint density at radius 3 is 2.75 bits per heavy atom. The van der Waals surface area contributed by atoms with E-state index in [0.717, 1.165) is 24.3 Å². The molecular formula is C17H19NOS. The van der Waals surface area contributed by atoms with E-state index in [1.165, 1.54) is 10.4 Å². The zero-order chi connectivity index (χ0) is 14.0. The molecule has 0 aliphatic rings. The molecule has 0 radical (unpaired) electrons. The minimum atomic E-state index is 0.406. The molecule has 20 heavy (non-hydrogen) atoms. The van der Waals surface area contributed by atoms with Crippen molar-refractivity contribution in [1.82, 2.24) is 0 Å². The first-order valence-corrected chi connectivity index (χ1v) is 7.59. The molecule has 2 N–H and O–H groups in total. The number of ether oxygens (including phenoxy) is 1. The van der Waals surface area contributed by atoms with Crippen LogP contribution in [0.4, 0.5) is 0 Å². The predicted octanol–water partition coefficient (Wildman–Crippen LogP) is 3.21. The van der Waals surface area contributed by atoms with Gasteiger partial charge in [-0.25, -0.2) is 0 Å². The highest BCUT2D eigenvalue weighted by Crippen LogP contribution is 2.16. The lowest BCUT2D eigenvalue weighted by molar-refractivity contribution is 0.121. The van der Waals surface area contributed by atoms with E-state index in [9.17, 15) is 0 Å². The third-order valence-electron chi connectivity index (χ3n) is 2.82. The van der Waals surface area contributed by atoms with Gasteiger partial charge in [0.05, 0.1) is 18.0 Å². The highest BCUT2D eigenvalue weighted by Gasteiger charge is 1.98. The van der Waals surface area contributed by atoms with E-state index in [-0.39, 0.29) is 0 Å². The topological polar surface area (TPSA) is 35.2 Å². The van der Waals surface area contributed by atoms with Crippen LogP contribution in [0.1, 0.15) is 21.7 Å². The molecule has 0 aliphatic carbocycles. The maximum Gasteiger partial charge on any atom is 0.0809 e. The molecule has 2 nitrogen and oxygen atoms in total. The maximum atomic E-state index is 5.70. The Hall–Kier alpha value is -1.60. The molecule has 2 rings (SSSR count). The van der Waals surface area contributed by atoms with E-state index in [1.54, 1.807) is 11.3 Å². The van der Waals surface area contributed by atoms with Crippen LogP contribution in [-0.2, 0) is 17.8 Å². The highest BCUT2D eigenvalue weighted by atomic mass is 32.1. The van der Waals surface area contributed by atoms with Crippen molar-refractivity contribution in [2.75, 3.05) is 13.2 Å². The number of rotatable bonds is 6. The molecule has 3 heteroatoms. The summed E-state index contributed by atoms with van der Waals surface area (Å²) in [6.45, 7) is 1.86. The van der Waals surface area contributed by atoms with Crippen LogP contribution in [0.3, 0.4) is 0 Å².